The molecule has 34 heavy (non-hydrogen) atoms. The summed E-state index contributed by atoms with van der Waals surface area (Å²) in [5.74, 6) is -0.860. The predicted molar refractivity (Wildman–Crippen MR) is 134 cm³/mol. The maximum absolute atomic E-state index is 13.0. The highest BCUT2D eigenvalue weighted by atomic mass is 79.9. The van der Waals surface area contributed by atoms with E-state index in [-0.39, 0.29) is 17.3 Å². The van der Waals surface area contributed by atoms with Crippen LogP contribution in [-0.4, -0.2) is 34.1 Å². The minimum atomic E-state index is -1.01. The van der Waals surface area contributed by atoms with Crippen molar-refractivity contribution in [3.8, 4) is 5.75 Å². The summed E-state index contributed by atoms with van der Waals surface area (Å²) >= 11 is 4.74. The number of nitrogens with zero attached hydrogens (tertiary/aromatic N) is 2. The quantitative estimate of drug-likeness (QED) is 0.382. The minimum absolute atomic E-state index is 0.170. The molecule has 3 aromatic rings. The van der Waals surface area contributed by atoms with Crippen LogP contribution in [0.3, 0.4) is 0 Å². The van der Waals surface area contributed by atoms with E-state index in [1.54, 1.807) is 43.5 Å². The summed E-state index contributed by atoms with van der Waals surface area (Å²) in [4.78, 5) is 30.1. The fourth-order valence-electron chi connectivity index (χ4n) is 3.06. The van der Waals surface area contributed by atoms with Gasteiger partial charge < -0.3 is 9.84 Å². The van der Waals surface area contributed by atoms with Crippen molar-refractivity contribution in [3.63, 3.8) is 0 Å². The number of carbonyl (C=O) groups is 2. The molecule has 1 saturated heterocycles. The molecule has 1 fully saturated rings. The van der Waals surface area contributed by atoms with Crippen molar-refractivity contribution in [1.29, 1.82) is 0 Å². The van der Waals surface area contributed by atoms with E-state index in [9.17, 15) is 14.0 Å². The van der Waals surface area contributed by atoms with E-state index in [1.807, 2.05) is 12.1 Å². The van der Waals surface area contributed by atoms with Gasteiger partial charge >= 0.3 is 5.97 Å². The second-order valence-electron chi connectivity index (χ2n) is 7.33. The first-order valence-electron chi connectivity index (χ1n) is 10.1. The first kappa shape index (κ1) is 23.7. The van der Waals surface area contributed by atoms with Gasteiger partial charge in [0.2, 0.25) is 0 Å². The number of benzene rings is 3. The topological polar surface area (TPSA) is 79.2 Å². The van der Waals surface area contributed by atoms with Crippen LogP contribution in [0.5, 0.6) is 5.75 Å². The van der Waals surface area contributed by atoms with Crippen molar-refractivity contribution in [2.24, 2.45) is 4.99 Å². The number of carboxylic acids is 1. The maximum Gasteiger partial charge on any atom is 0.335 e. The van der Waals surface area contributed by atoms with E-state index >= 15 is 0 Å². The molecule has 1 aliphatic heterocycles. The van der Waals surface area contributed by atoms with Crippen molar-refractivity contribution < 1.29 is 23.8 Å². The Labute approximate surface area is 207 Å². The van der Waals surface area contributed by atoms with Gasteiger partial charge in [-0.3, -0.25) is 9.69 Å². The van der Waals surface area contributed by atoms with Crippen LogP contribution in [0.1, 0.15) is 21.5 Å². The summed E-state index contributed by atoms with van der Waals surface area (Å²) in [7, 11) is 1.64. The summed E-state index contributed by atoms with van der Waals surface area (Å²) in [6.45, 7) is 0.297. The number of likely N-dealkylation sites (N-methyl/N-ethyl adjacent to an activating group) is 1. The number of carboxylic acid groups (broad SMARTS) is 1. The fraction of sp³-hybridized carbons (Fsp3) is 0.0800. The van der Waals surface area contributed by atoms with Gasteiger partial charge in [-0.05, 0) is 93.4 Å². The van der Waals surface area contributed by atoms with Gasteiger partial charge in [0.15, 0.2) is 5.17 Å². The van der Waals surface area contributed by atoms with E-state index in [0.29, 0.717) is 28.1 Å². The molecule has 0 unspecified atom stereocenters. The molecule has 0 bridgehead atoms. The Kier molecular flexibility index (Phi) is 7.14. The molecule has 3 aromatic carbocycles. The number of rotatable bonds is 6. The monoisotopic (exact) mass is 540 g/mol. The van der Waals surface area contributed by atoms with Crippen LogP contribution < -0.4 is 4.74 Å². The zero-order chi connectivity index (χ0) is 24.2. The first-order chi connectivity index (χ1) is 16.3. The highest BCUT2D eigenvalue weighted by molar-refractivity contribution is 9.10. The number of carbonyl (C=O) groups excluding carboxylic acids is 1. The number of thioether (sulfide) groups is 1. The molecular weight excluding hydrogens is 523 g/mol. The van der Waals surface area contributed by atoms with E-state index in [0.717, 1.165) is 15.6 Å². The molecule has 4 rings (SSSR count). The van der Waals surface area contributed by atoms with Gasteiger partial charge in [-0.15, -0.1) is 0 Å². The van der Waals surface area contributed by atoms with Crippen molar-refractivity contribution >= 4 is 56.5 Å². The third-order valence-electron chi connectivity index (χ3n) is 4.90. The molecule has 6 nitrogen and oxygen atoms in total. The van der Waals surface area contributed by atoms with Gasteiger partial charge in [0.1, 0.15) is 18.2 Å². The molecule has 0 saturated carbocycles. The summed E-state index contributed by atoms with van der Waals surface area (Å²) in [6, 6.07) is 17.7. The molecule has 0 atom stereocenters. The van der Waals surface area contributed by atoms with E-state index in [4.69, 9.17) is 9.84 Å². The van der Waals surface area contributed by atoms with Crippen LogP contribution in [0.15, 0.2) is 81.1 Å². The SMILES string of the molecule is CN1C(=O)/C(=C/c2ccc(OCc3ccc(F)cc3)c(Br)c2)SC1=Nc1ccc(C(=O)O)cc1. The van der Waals surface area contributed by atoms with Crippen molar-refractivity contribution in [2.45, 2.75) is 6.61 Å². The first-order valence-corrected chi connectivity index (χ1v) is 11.7. The summed E-state index contributed by atoms with van der Waals surface area (Å²) in [5.41, 5.74) is 2.37. The Balaban J connectivity index is 1.47. The molecule has 0 radical (unpaired) electrons. The molecule has 1 amide bonds. The highest BCUT2D eigenvalue weighted by Crippen LogP contribution is 2.34. The Morgan fingerprint density at radius 2 is 1.85 bits per heavy atom. The summed E-state index contributed by atoms with van der Waals surface area (Å²) in [5, 5.41) is 9.51. The number of amides is 1. The van der Waals surface area contributed by atoms with Gasteiger partial charge in [-0.25, -0.2) is 14.2 Å². The lowest BCUT2D eigenvalue weighted by Gasteiger charge is -2.09. The number of hydrogen-bond donors (Lipinski definition) is 1. The molecule has 172 valence electrons. The van der Waals surface area contributed by atoms with Crippen LogP contribution in [-0.2, 0) is 11.4 Å². The average molecular weight is 541 g/mol. The van der Waals surface area contributed by atoms with Gasteiger partial charge in [-0.2, -0.15) is 0 Å². The molecule has 0 aromatic heterocycles. The van der Waals surface area contributed by atoms with Crippen molar-refractivity contribution in [1.82, 2.24) is 4.90 Å². The number of aliphatic imine (C=N–C) groups is 1. The van der Waals surface area contributed by atoms with Crippen LogP contribution in [0.4, 0.5) is 10.1 Å². The van der Waals surface area contributed by atoms with Gasteiger partial charge in [-0.1, -0.05) is 18.2 Å². The molecule has 0 spiro atoms. The lowest BCUT2D eigenvalue weighted by Crippen LogP contribution is -2.23. The number of amidine groups is 1. The number of ether oxygens (including phenoxy) is 1. The molecular formula is C25H18BrFN2O4S. The highest BCUT2D eigenvalue weighted by Gasteiger charge is 2.30. The Morgan fingerprint density at radius 3 is 2.50 bits per heavy atom. The van der Waals surface area contributed by atoms with Crippen LogP contribution >= 0.6 is 27.7 Å². The number of aromatic carboxylic acids is 1. The van der Waals surface area contributed by atoms with Crippen LogP contribution in [0.2, 0.25) is 0 Å². The lowest BCUT2D eigenvalue weighted by molar-refractivity contribution is -0.121. The summed E-state index contributed by atoms with van der Waals surface area (Å²) in [6.07, 6.45) is 1.77. The van der Waals surface area contributed by atoms with Crippen molar-refractivity contribution in [3.05, 3.63) is 98.6 Å². The predicted octanol–water partition coefficient (Wildman–Crippen LogP) is 6.10. The molecule has 1 N–H and O–H groups in total. The third kappa shape index (κ3) is 5.55. The largest absolute Gasteiger partial charge is 0.488 e. The second-order valence-corrected chi connectivity index (χ2v) is 9.19. The van der Waals surface area contributed by atoms with Gasteiger partial charge in [0, 0.05) is 7.05 Å². The molecule has 9 heteroatoms. The lowest BCUT2D eigenvalue weighted by atomic mass is 10.2. The fourth-order valence-corrected chi connectivity index (χ4v) is 4.56. The summed E-state index contributed by atoms with van der Waals surface area (Å²) < 4.78 is 19.6. The van der Waals surface area contributed by atoms with E-state index < -0.39 is 5.97 Å². The smallest absolute Gasteiger partial charge is 0.335 e. The van der Waals surface area contributed by atoms with Gasteiger partial charge in [0.25, 0.3) is 5.91 Å². The second kappa shape index (κ2) is 10.2. The number of halogens is 2. The zero-order valence-corrected chi connectivity index (χ0v) is 20.3. The van der Waals surface area contributed by atoms with Crippen LogP contribution in [0, 0.1) is 5.82 Å². The average Bonchev–Trinajstić information content (AvgIpc) is 3.07. The molecule has 1 heterocycles. The maximum atomic E-state index is 13.0. The Morgan fingerprint density at radius 1 is 1.15 bits per heavy atom. The Bertz CT molecular complexity index is 1310. The number of hydrogen-bond acceptors (Lipinski definition) is 5. The van der Waals surface area contributed by atoms with Gasteiger partial charge in [0.05, 0.1) is 20.6 Å². The van der Waals surface area contributed by atoms with E-state index in [2.05, 4.69) is 20.9 Å². The Hall–Kier alpha value is -3.43. The third-order valence-corrected chi connectivity index (χ3v) is 6.58. The molecule has 0 aliphatic carbocycles. The van der Waals surface area contributed by atoms with Crippen LogP contribution in [0.25, 0.3) is 6.08 Å². The zero-order valence-electron chi connectivity index (χ0n) is 17.9. The standard InChI is InChI=1S/C25H18BrFN2O4S/c1-29-23(30)22(34-25(29)28-19-9-5-17(6-10-19)24(31)32)13-16-4-11-21(20(26)12-16)33-14-15-2-7-18(27)8-3-15/h2-13H,14H2,1H3,(H,31,32)/b22-13-,28-25?. The van der Waals surface area contributed by atoms with Crippen molar-refractivity contribution in [2.75, 3.05) is 7.05 Å². The minimum Gasteiger partial charge on any atom is -0.488 e. The molecule has 1 aliphatic rings. The van der Waals surface area contributed by atoms with E-state index in [1.165, 1.54) is 40.9 Å². The normalized spacial score (nSPS) is 15.9.